The summed E-state index contributed by atoms with van der Waals surface area (Å²) in [6.45, 7) is 2.89. The third-order valence-corrected chi connectivity index (χ3v) is 3.92. The van der Waals surface area contributed by atoms with Crippen molar-refractivity contribution in [2.75, 3.05) is 31.2 Å². The predicted molar refractivity (Wildman–Crippen MR) is 83.1 cm³/mol. The molecule has 0 amide bonds. The van der Waals surface area contributed by atoms with Crippen molar-refractivity contribution in [2.24, 2.45) is 0 Å². The van der Waals surface area contributed by atoms with E-state index in [-0.39, 0.29) is 0 Å². The molecule has 2 aromatic heterocycles. The van der Waals surface area contributed by atoms with Gasteiger partial charge in [0.15, 0.2) is 5.58 Å². The minimum absolute atomic E-state index is 0.322. The van der Waals surface area contributed by atoms with Crippen molar-refractivity contribution in [1.82, 2.24) is 9.97 Å². The zero-order valence-electron chi connectivity index (χ0n) is 12.2. The van der Waals surface area contributed by atoms with E-state index in [4.69, 9.17) is 9.15 Å². The normalized spacial score (nSPS) is 15.3. The zero-order chi connectivity index (χ0) is 15.8. The molecule has 3 heterocycles. The molecule has 3 aromatic rings. The number of halogens is 1. The smallest absolute Gasteiger partial charge is 0.408 e. The molecule has 0 atom stereocenters. The zero-order valence-corrected chi connectivity index (χ0v) is 12.2. The van der Waals surface area contributed by atoms with Crippen molar-refractivity contribution in [2.45, 2.75) is 0 Å². The lowest BCUT2D eigenvalue weighted by Gasteiger charge is -2.28. The van der Waals surface area contributed by atoms with Gasteiger partial charge in [-0.2, -0.15) is 0 Å². The van der Waals surface area contributed by atoms with E-state index in [2.05, 4.69) is 14.9 Å². The Hall–Kier alpha value is -2.67. The van der Waals surface area contributed by atoms with Gasteiger partial charge in [0.05, 0.1) is 30.6 Å². The fraction of sp³-hybridized carbons (Fsp3) is 0.250. The number of anilines is 1. The second-order valence-electron chi connectivity index (χ2n) is 5.37. The second kappa shape index (κ2) is 5.51. The van der Waals surface area contributed by atoms with Crippen LogP contribution in [-0.4, -0.2) is 36.3 Å². The van der Waals surface area contributed by atoms with E-state index in [0.29, 0.717) is 35.4 Å². The van der Waals surface area contributed by atoms with Crippen molar-refractivity contribution >= 4 is 16.8 Å². The SMILES string of the molecule is O=c1[nH]c2cc(F)c(-c3cncc(N4CCOCC4)c3)cc2o1. The largest absolute Gasteiger partial charge is 0.417 e. The number of aromatic nitrogens is 2. The Morgan fingerprint density at radius 1 is 1.17 bits per heavy atom. The molecule has 118 valence electrons. The highest BCUT2D eigenvalue weighted by Crippen LogP contribution is 2.29. The molecule has 1 aliphatic heterocycles. The van der Waals surface area contributed by atoms with E-state index >= 15 is 0 Å². The third kappa shape index (κ3) is 2.59. The number of benzene rings is 1. The first kappa shape index (κ1) is 14.0. The van der Waals surface area contributed by atoms with Gasteiger partial charge in [0.1, 0.15) is 5.82 Å². The number of hydrogen-bond donors (Lipinski definition) is 1. The molecule has 0 spiro atoms. The number of fused-ring (bicyclic) bond motifs is 1. The monoisotopic (exact) mass is 315 g/mol. The van der Waals surface area contributed by atoms with Gasteiger partial charge in [0, 0.05) is 36.5 Å². The number of ether oxygens (including phenoxy) is 1. The summed E-state index contributed by atoms with van der Waals surface area (Å²) >= 11 is 0. The van der Waals surface area contributed by atoms with Crippen molar-refractivity contribution in [3.8, 4) is 11.1 Å². The fourth-order valence-electron chi connectivity index (χ4n) is 2.76. The molecule has 23 heavy (non-hydrogen) atoms. The summed E-state index contributed by atoms with van der Waals surface area (Å²) in [6.07, 6.45) is 3.35. The van der Waals surface area contributed by atoms with Crippen molar-refractivity contribution in [3.63, 3.8) is 0 Å². The molecule has 0 radical (unpaired) electrons. The quantitative estimate of drug-likeness (QED) is 0.784. The molecule has 7 heteroatoms. The molecule has 6 nitrogen and oxygen atoms in total. The lowest BCUT2D eigenvalue weighted by atomic mass is 10.1. The summed E-state index contributed by atoms with van der Waals surface area (Å²) in [5.74, 6) is -1.03. The predicted octanol–water partition coefficient (Wildman–Crippen LogP) is 2.16. The van der Waals surface area contributed by atoms with Gasteiger partial charge in [-0.25, -0.2) is 9.18 Å². The Bertz CT molecular complexity index is 912. The topological polar surface area (TPSA) is 71.4 Å². The highest BCUT2D eigenvalue weighted by atomic mass is 19.1. The maximum Gasteiger partial charge on any atom is 0.417 e. The molecule has 0 bridgehead atoms. The number of oxazole rings is 1. The minimum atomic E-state index is -0.600. The first-order valence-electron chi connectivity index (χ1n) is 7.31. The van der Waals surface area contributed by atoms with Crippen LogP contribution in [0.3, 0.4) is 0 Å². The molecule has 0 unspecified atom stereocenters. The van der Waals surface area contributed by atoms with Crippen LogP contribution in [0.25, 0.3) is 22.2 Å². The van der Waals surface area contributed by atoms with Gasteiger partial charge in [-0.05, 0) is 12.1 Å². The van der Waals surface area contributed by atoms with Crippen LogP contribution in [0.1, 0.15) is 0 Å². The number of nitrogens with zero attached hydrogens (tertiary/aromatic N) is 2. The molecule has 1 fully saturated rings. The van der Waals surface area contributed by atoms with Crippen LogP contribution in [0.2, 0.25) is 0 Å². The average molecular weight is 315 g/mol. The summed E-state index contributed by atoms with van der Waals surface area (Å²) in [5, 5.41) is 0. The Balaban J connectivity index is 1.77. The number of pyridine rings is 1. The summed E-state index contributed by atoms with van der Waals surface area (Å²) in [7, 11) is 0. The van der Waals surface area contributed by atoms with E-state index < -0.39 is 11.6 Å². The number of rotatable bonds is 2. The number of aromatic amines is 1. The minimum Gasteiger partial charge on any atom is -0.408 e. The number of hydrogen-bond acceptors (Lipinski definition) is 5. The van der Waals surface area contributed by atoms with Crippen LogP contribution >= 0.6 is 0 Å². The number of nitrogens with one attached hydrogen (secondary N) is 1. The third-order valence-electron chi connectivity index (χ3n) is 3.92. The summed E-state index contributed by atoms with van der Waals surface area (Å²) < 4.78 is 24.7. The first-order chi connectivity index (χ1) is 11.2. The maximum absolute atomic E-state index is 14.4. The van der Waals surface area contributed by atoms with Crippen molar-refractivity contribution in [3.05, 3.63) is 47.0 Å². The highest BCUT2D eigenvalue weighted by molar-refractivity contribution is 5.81. The molecule has 1 saturated heterocycles. The molecule has 0 aliphatic carbocycles. The maximum atomic E-state index is 14.4. The van der Waals surface area contributed by atoms with E-state index in [1.807, 2.05) is 6.07 Å². The van der Waals surface area contributed by atoms with Gasteiger partial charge < -0.3 is 14.1 Å². The molecule has 1 N–H and O–H groups in total. The lowest BCUT2D eigenvalue weighted by molar-refractivity contribution is 0.122. The molecule has 0 saturated carbocycles. The van der Waals surface area contributed by atoms with Crippen molar-refractivity contribution < 1.29 is 13.5 Å². The van der Waals surface area contributed by atoms with Gasteiger partial charge in [-0.15, -0.1) is 0 Å². The second-order valence-corrected chi connectivity index (χ2v) is 5.37. The van der Waals surface area contributed by atoms with E-state index in [0.717, 1.165) is 18.8 Å². The van der Waals surface area contributed by atoms with Gasteiger partial charge >= 0.3 is 5.76 Å². The molecular formula is C16H14FN3O3. The fourth-order valence-corrected chi connectivity index (χ4v) is 2.76. The van der Waals surface area contributed by atoms with E-state index in [1.54, 1.807) is 12.4 Å². The average Bonchev–Trinajstić information content (AvgIpc) is 2.94. The number of H-pyrrole nitrogens is 1. The molecule has 1 aliphatic rings. The van der Waals surface area contributed by atoms with Gasteiger partial charge in [0.2, 0.25) is 0 Å². The summed E-state index contributed by atoms with van der Waals surface area (Å²) in [4.78, 5) is 20.0. The molecule has 4 rings (SSSR count). The van der Waals surface area contributed by atoms with Gasteiger partial charge in [0.25, 0.3) is 0 Å². The van der Waals surface area contributed by atoms with E-state index in [9.17, 15) is 9.18 Å². The summed E-state index contributed by atoms with van der Waals surface area (Å²) in [5.41, 5.74) is 2.57. The standard InChI is InChI=1S/C16H14FN3O3/c17-13-7-14-15(23-16(21)19-14)6-12(13)10-5-11(9-18-8-10)20-1-3-22-4-2-20/h5-9H,1-4H2,(H,19,21). The Kier molecular flexibility index (Phi) is 3.34. The Morgan fingerprint density at radius 2 is 2.00 bits per heavy atom. The van der Waals surface area contributed by atoms with Gasteiger partial charge in [-0.1, -0.05) is 0 Å². The van der Waals surface area contributed by atoms with Crippen LogP contribution < -0.4 is 10.7 Å². The molecular weight excluding hydrogens is 301 g/mol. The first-order valence-corrected chi connectivity index (χ1v) is 7.31. The summed E-state index contributed by atoms with van der Waals surface area (Å²) in [6, 6.07) is 4.66. The molecule has 1 aromatic carbocycles. The van der Waals surface area contributed by atoms with Gasteiger partial charge in [-0.3, -0.25) is 9.97 Å². The van der Waals surface area contributed by atoms with Crippen LogP contribution in [0.4, 0.5) is 10.1 Å². The van der Waals surface area contributed by atoms with Crippen LogP contribution in [-0.2, 0) is 4.74 Å². The Labute approximate surface area is 130 Å². The van der Waals surface area contributed by atoms with Crippen molar-refractivity contribution in [1.29, 1.82) is 0 Å². The van der Waals surface area contributed by atoms with Crippen LogP contribution in [0, 0.1) is 5.82 Å². The van der Waals surface area contributed by atoms with E-state index in [1.165, 1.54) is 12.1 Å². The van der Waals surface area contributed by atoms with Crippen LogP contribution in [0.15, 0.2) is 39.8 Å². The number of morpholine rings is 1. The lowest BCUT2D eigenvalue weighted by Crippen LogP contribution is -2.36. The Morgan fingerprint density at radius 3 is 2.83 bits per heavy atom. The highest BCUT2D eigenvalue weighted by Gasteiger charge is 2.15. The van der Waals surface area contributed by atoms with Crippen LogP contribution in [0.5, 0.6) is 0 Å².